The van der Waals surface area contributed by atoms with E-state index in [0.29, 0.717) is 22.1 Å². The second-order valence-electron chi connectivity index (χ2n) is 7.11. The highest BCUT2D eigenvalue weighted by Gasteiger charge is 2.19. The van der Waals surface area contributed by atoms with E-state index in [9.17, 15) is 14.7 Å². The number of carbonyl (C=O) groups excluding carboxylic acids is 2. The van der Waals surface area contributed by atoms with Crippen LogP contribution in [0.5, 0.6) is 11.5 Å². The van der Waals surface area contributed by atoms with E-state index < -0.39 is 11.8 Å². The van der Waals surface area contributed by atoms with Gasteiger partial charge in [-0.2, -0.15) is 0 Å². The molecule has 0 unspecified atom stereocenters. The molecule has 33 heavy (non-hydrogen) atoms. The van der Waals surface area contributed by atoms with E-state index in [1.807, 2.05) is 18.2 Å². The zero-order valence-corrected chi connectivity index (χ0v) is 17.6. The maximum atomic E-state index is 12.9. The number of rotatable bonds is 6. The molecule has 4 N–H and O–H groups in total. The van der Waals surface area contributed by atoms with Gasteiger partial charge in [0.05, 0.1) is 12.7 Å². The SMILES string of the molecule is COc1cc(C(N)=O)ccc1N=Nc1c(O)c(C(=O)Nc2ccccc2)cc2ccccc12. The van der Waals surface area contributed by atoms with Crippen LogP contribution in [0.4, 0.5) is 17.1 Å². The summed E-state index contributed by atoms with van der Waals surface area (Å²) in [5, 5.41) is 23.5. The Bertz CT molecular complexity index is 1380. The molecule has 0 bridgehead atoms. The lowest BCUT2D eigenvalue weighted by atomic mass is 10.0. The molecule has 0 saturated heterocycles. The quantitative estimate of drug-likeness (QED) is 0.351. The summed E-state index contributed by atoms with van der Waals surface area (Å²) in [6.45, 7) is 0. The summed E-state index contributed by atoms with van der Waals surface area (Å²) in [5.74, 6) is -1.10. The van der Waals surface area contributed by atoms with Crippen LogP contribution in [0.3, 0.4) is 0 Å². The van der Waals surface area contributed by atoms with Crippen LogP contribution in [-0.2, 0) is 0 Å². The Morgan fingerprint density at radius 3 is 2.39 bits per heavy atom. The third-order valence-corrected chi connectivity index (χ3v) is 4.99. The van der Waals surface area contributed by atoms with Crippen LogP contribution in [0.25, 0.3) is 10.8 Å². The Labute approximate surface area is 189 Å². The fourth-order valence-corrected chi connectivity index (χ4v) is 3.33. The van der Waals surface area contributed by atoms with Crippen molar-refractivity contribution in [2.24, 2.45) is 16.0 Å². The molecule has 164 valence electrons. The number of hydrogen-bond acceptors (Lipinski definition) is 6. The number of hydrogen-bond donors (Lipinski definition) is 3. The largest absolute Gasteiger partial charge is 0.505 e. The van der Waals surface area contributed by atoms with Crippen LogP contribution in [-0.4, -0.2) is 24.0 Å². The number of nitrogens with one attached hydrogen (secondary N) is 1. The molecule has 0 fully saturated rings. The standard InChI is InChI=1S/C25H20N4O4/c1-33-21-14-16(24(26)31)11-12-20(21)28-29-22-18-10-6-5-7-15(18)13-19(23(22)30)25(32)27-17-8-3-2-4-9-17/h2-14,30H,1H3,(H2,26,31)(H,27,32). The summed E-state index contributed by atoms with van der Waals surface area (Å²) in [6.07, 6.45) is 0. The summed E-state index contributed by atoms with van der Waals surface area (Å²) in [7, 11) is 1.43. The number of anilines is 1. The van der Waals surface area contributed by atoms with Crippen molar-refractivity contribution in [1.82, 2.24) is 0 Å². The number of primary amides is 1. The minimum Gasteiger partial charge on any atom is -0.505 e. The minimum absolute atomic E-state index is 0.0579. The maximum absolute atomic E-state index is 12.9. The summed E-state index contributed by atoms with van der Waals surface area (Å²) < 4.78 is 5.28. The van der Waals surface area contributed by atoms with Crippen LogP contribution in [0.1, 0.15) is 20.7 Å². The molecule has 0 aromatic heterocycles. The zero-order chi connectivity index (χ0) is 23.4. The highest BCUT2D eigenvalue weighted by molar-refractivity contribution is 6.11. The van der Waals surface area contributed by atoms with Crippen molar-refractivity contribution in [2.45, 2.75) is 0 Å². The molecule has 0 aliphatic rings. The van der Waals surface area contributed by atoms with Crippen molar-refractivity contribution < 1.29 is 19.4 Å². The Balaban J connectivity index is 1.78. The predicted molar refractivity (Wildman–Crippen MR) is 126 cm³/mol. The number of amides is 2. The van der Waals surface area contributed by atoms with E-state index in [1.165, 1.54) is 25.3 Å². The number of benzene rings is 4. The molecule has 0 spiro atoms. The number of phenolic OH excluding ortho intramolecular Hbond substituents is 1. The molecular formula is C25H20N4O4. The van der Waals surface area contributed by atoms with Crippen LogP contribution < -0.4 is 15.8 Å². The van der Waals surface area contributed by atoms with E-state index in [-0.39, 0.29) is 28.3 Å². The van der Waals surface area contributed by atoms with E-state index in [0.717, 1.165) is 0 Å². The first kappa shape index (κ1) is 21.5. The summed E-state index contributed by atoms with van der Waals surface area (Å²) in [4.78, 5) is 24.3. The van der Waals surface area contributed by atoms with Crippen LogP contribution >= 0.6 is 0 Å². The third kappa shape index (κ3) is 4.49. The van der Waals surface area contributed by atoms with E-state index in [1.54, 1.807) is 42.5 Å². The number of nitrogens with zero attached hydrogens (tertiary/aromatic N) is 2. The normalized spacial score (nSPS) is 10.9. The van der Waals surface area contributed by atoms with Crippen LogP contribution in [0.2, 0.25) is 0 Å². The molecule has 8 heteroatoms. The van der Waals surface area contributed by atoms with Crippen molar-refractivity contribution in [3.63, 3.8) is 0 Å². The number of carbonyl (C=O) groups is 2. The molecule has 0 radical (unpaired) electrons. The first-order chi connectivity index (χ1) is 16.0. The highest BCUT2D eigenvalue weighted by atomic mass is 16.5. The van der Waals surface area contributed by atoms with Crippen molar-refractivity contribution in [1.29, 1.82) is 0 Å². The second-order valence-corrected chi connectivity index (χ2v) is 7.11. The molecule has 0 saturated carbocycles. The van der Waals surface area contributed by atoms with Gasteiger partial charge in [0.2, 0.25) is 5.91 Å². The van der Waals surface area contributed by atoms with Gasteiger partial charge in [0.1, 0.15) is 17.1 Å². The van der Waals surface area contributed by atoms with Crippen LogP contribution in [0.15, 0.2) is 89.1 Å². The number of aromatic hydroxyl groups is 1. The number of para-hydroxylation sites is 1. The van der Waals surface area contributed by atoms with Gasteiger partial charge in [0.25, 0.3) is 5.91 Å². The number of nitrogens with two attached hydrogens (primary N) is 1. The van der Waals surface area contributed by atoms with Gasteiger partial charge in [0.15, 0.2) is 5.75 Å². The van der Waals surface area contributed by atoms with E-state index in [2.05, 4.69) is 15.5 Å². The van der Waals surface area contributed by atoms with Crippen molar-refractivity contribution >= 4 is 39.6 Å². The Morgan fingerprint density at radius 1 is 0.939 bits per heavy atom. The van der Waals surface area contributed by atoms with Gasteiger partial charge in [-0.05, 0) is 41.8 Å². The molecule has 0 atom stereocenters. The average Bonchev–Trinajstić information content (AvgIpc) is 2.83. The maximum Gasteiger partial charge on any atom is 0.259 e. The topological polar surface area (TPSA) is 126 Å². The molecular weight excluding hydrogens is 420 g/mol. The monoisotopic (exact) mass is 440 g/mol. The summed E-state index contributed by atoms with van der Waals surface area (Å²) in [5.41, 5.74) is 6.69. The predicted octanol–water partition coefficient (Wildman–Crippen LogP) is 5.32. The van der Waals surface area contributed by atoms with Gasteiger partial charge in [-0.3, -0.25) is 9.59 Å². The van der Waals surface area contributed by atoms with Gasteiger partial charge >= 0.3 is 0 Å². The van der Waals surface area contributed by atoms with Gasteiger partial charge in [-0.15, -0.1) is 10.2 Å². The van der Waals surface area contributed by atoms with Crippen molar-refractivity contribution in [3.05, 3.63) is 90.0 Å². The molecule has 0 aliphatic carbocycles. The number of methoxy groups -OCH3 is 1. The second kappa shape index (κ2) is 9.19. The first-order valence-corrected chi connectivity index (χ1v) is 9.98. The zero-order valence-electron chi connectivity index (χ0n) is 17.6. The lowest BCUT2D eigenvalue weighted by Crippen LogP contribution is -2.12. The number of phenols is 1. The van der Waals surface area contributed by atoms with E-state index in [4.69, 9.17) is 10.5 Å². The first-order valence-electron chi connectivity index (χ1n) is 9.98. The molecule has 2 amide bonds. The van der Waals surface area contributed by atoms with Crippen molar-refractivity contribution in [3.8, 4) is 11.5 Å². The number of ether oxygens (including phenoxy) is 1. The highest BCUT2D eigenvalue weighted by Crippen LogP contribution is 2.40. The molecule has 4 rings (SSSR count). The van der Waals surface area contributed by atoms with Gasteiger partial charge in [-0.25, -0.2) is 0 Å². The summed E-state index contributed by atoms with van der Waals surface area (Å²) in [6, 6.07) is 22.2. The molecule has 4 aromatic rings. The fraction of sp³-hybridized carbons (Fsp3) is 0.0400. The Morgan fingerprint density at radius 2 is 1.67 bits per heavy atom. The van der Waals surface area contributed by atoms with E-state index >= 15 is 0 Å². The summed E-state index contributed by atoms with van der Waals surface area (Å²) >= 11 is 0. The Hall–Kier alpha value is -4.72. The number of azo groups is 1. The molecule has 4 aromatic carbocycles. The minimum atomic E-state index is -0.599. The lowest BCUT2D eigenvalue weighted by molar-refractivity contribution is 0.0997. The Kier molecular flexibility index (Phi) is 5.99. The van der Waals surface area contributed by atoms with Gasteiger partial charge < -0.3 is 20.9 Å². The average molecular weight is 440 g/mol. The fourth-order valence-electron chi connectivity index (χ4n) is 3.33. The molecule has 8 nitrogen and oxygen atoms in total. The van der Waals surface area contributed by atoms with Gasteiger partial charge in [0, 0.05) is 16.6 Å². The lowest BCUT2D eigenvalue weighted by Gasteiger charge is -2.11. The van der Waals surface area contributed by atoms with Gasteiger partial charge in [-0.1, -0.05) is 42.5 Å². The van der Waals surface area contributed by atoms with Crippen LogP contribution in [0, 0.1) is 0 Å². The smallest absolute Gasteiger partial charge is 0.259 e. The number of fused-ring (bicyclic) bond motifs is 1. The molecule has 0 aliphatic heterocycles. The molecule has 0 heterocycles. The van der Waals surface area contributed by atoms with Crippen molar-refractivity contribution in [2.75, 3.05) is 12.4 Å². The third-order valence-electron chi connectivity index (χ3n) is 4.99.